The fraction of sp³-hybridized carbons (Fsp3) is 0.462. The molecule has 0 heterocycles. The number of aliphatic hydroxyl groups is 1. The monoisotopic (exact) mass is 217 g/mol. The Balaban J connectivity index is 2.11. The second kappa shape index (κ2) is 4.15. The topological polar surface area (TPSA) is 53.2 Å². The van der Waals surface area contributed by atoms with E-state index < -0.39 is 11.7 Å². The van der Waals surface area contributed by atoms with E-state index in [1.54, 1.807) is 31.2 Å². The molecule has 84 valence electrons. The van der Waals surface area contributed by atoms with E-state index in [2.05, 4.69) is 6.07 Å². The number of nitriles is 1. The van der Waals surface area contributed by atoms with Gasteiger partial charge in [-0.3, -0.25) is 0 Å². The fourth-order valence-corrected chi connectivity index (χ4v) is 1.96. The molecule has 0 saturated heterocycles. The van der Waals surface area contributed by atoms with Gasteiger partial charge in [0, 0.05) is 0 Å². The molecule has 1 unspecified atom stereocenters. The third-order valence-electron chi connectivity index (χ3n) is 3.27. The van der Waals surface area contributed by atoms with Gasteiger partial charge in [0.2, 0.25) is 0 Å². The van der Waals surface area contributed by atoms with E-state index in [0.717, 1.165) is 25.0 Å². The molecule has 1 fully saturated rings. The molecule has 0 aromatic heterocycles. The molecule has 3 heteroatoms. The van der Waals surface area contributed by atoms with E-state index in [1.807, 2.05) is 0 Å². The maximum absolute atomic E-state index is 9.71. The molecule has 1 aliphatic carbocycles. The van der Waals surface area contributed by atoms with Gasteiger partial charge < -0.3 is 9.84 Å². The van der Waals surface area contributed by atoms with Crippen LogP contribution < -0.4 is 4.74 Å². The number of benzene rings is 1. The highest BCUT2D eigenvalue weighted by Gasteiger charge is 2.43. The van der Waals surface area contributed by atoms with Crippen molar-refractivity contribution < 1.29 is 9.84 Å². The zero-order valence-corrected chi connectivity index (χ0v) is 9.31. The number of nitrogens with zero attached hydrogens (tertiary/aromatic N) is 1. The summed E-state index contributed by atoms with van der Waals surface area (Å²) in [6.07, 6.45) is 2.42. The van der Waals surface area contributed by atoms with Crippen LogP contribution in [0.2, 0.25) is 0 Å². The summed E-state index contributed by atoms with van der Waals surface area (Å²) >= 11 is 0. The summed E-state index contributed by atoms with van der Waals surface area (Å²) in [6, 6.07) is 9.07. The molecule has 0 spiro atoms. The van der Waals surface area contributed by atoms with Crippen LogP contribution in [0.3, 0.4) is 0 Å². The molecule has 1 atom stereocenters. The lowest BCUT2D eigenvalue weighted by Crippen LogP contribution is -2.51. The van der Waals surface area contributed by atoms with Gasteiger partial charge in [-0.05, 0) is 50.5 Å². The standard InChI is InChI=1S/C13H15NO2/c1-10(15)13(7-2-8-13)16-12-5-3-11(9-14)4-6-12/h3-6,10,15H,2,7-8H2,1H3. The van der Waals surface area contributed by atoms with E-state index in [-0.39, 0.29) is 0 Å². The predicted octanol–water partition coefficient (Wildman–Crippen LogP) is 2.24. The van der Waals surface area contributed by atoms with Crippen LogP contribution in [0, 0.1) is 11.3 Å². The van der Waals surface area contributed by atoms with E-state index in [1.165, 1.54) is 0 Å². The van der Waals surface area contributed by atoms with Crippen molar-refractivity contribution in [2.24, 2.45) is 0 Å². The molecule has 1 aromatic carbocycles. The van der Waals surface area contributed by atoms with Gasteiger partial charge in [0.25, 0.3) is 0 Å². The van der Waals surface area contributed by atoms with E-state index in [4.69, 9.17) is 10.00 Å². The Morgan fingerprint density at radius 1 is 1.38 bits per heavy atom. The van der Waals surface area contributed by atoms with Crippen molar-refractivity contribution in [2.75, 3.05) is 0 Å². The predicted molar refractivity (Wildman–Crippen MR) is 60.0 cm³/mol. The first-order valence-corrected chi connectivity index (χ1v) is 5.53. The molecule has 2 rings (SSSR count). The number of hydrogen-bond donors (Lipinski definition) is 1. The summed E-state index contributed by atoms with van der Waals surface area (Å²) in [5, 5.41) is 18.4. The van der Waals surface area contributed by atoms with Crippen LogP contribution in [0.15, 0.2) is 24.3 Å². The first-order valence-electron chi connectivity index (χ1n) is 5.53. The van der Waals surface area contributed by atoms with Crippen molar-refractivity contribution >= 4 is 0 Å². The number of rotatable bonds is 3. The van der Waals surface area contributed by atoms with Crippen molar-refractivity contribution in [1.29, 1.82) is 5.26 Å². The van der Waals surface area contributed by atoms with Crippen LogP contribution in [0.1, 0.15) is 31.7 Å². The van der Waals surface area contributed by atoms with Crippen molar-refractivity contribution in [1.82, 2.24) is 0 Å². The van der Waals surface area contributed by atoms with Crippen molar-refractivity contribution in [3.8, 4) is 11.8 Å². The van der Waals surface area contributed by atoms with Gasteiger partial charge in [-0.2, -0.15) is 5.26 Å². The molecule has 1 aliphatic rings. The van der Waals surface area contributed by atoms with Gasteiger partial charge in [0.1, 0.15) is 11.4 Å². The summed E-state index contributed by atoms with van der Waals surface area (Å²) < 4.78 is 5.84. The lowest BCUT2D eigenvalue weighted by Gasteiger charge is -2.44. The van der Waals surface area contributed by atoms with Gasteiger partial charge >= 0.3 is 0 Å². The minimum Gasteiger partial charge on any atom is -0.485 e. The Kier molecular flexibility index (Phi) is 2.84. The van der Waals surface area contributed by atoms with Crippen molar-refractivity contribution in [2.45, 2.75) is 37.9 Å². The number of ether oxygens (including phenoxy) is 1. The van der Waals surface area contributed by atoms with Gasteiger partial charge in [0.15, 0.2) is 0 Å². The van der Waals surface area contributed by atoms with E-state index >= 15 is 0 Å². The quantitative estimate of drug-likeness (QED) is 0.844. The molecule has 0 bridgehead atoms. The molecule has 0 aliphatic heterocycles. The Morgan fingerprint density at radius 3 is 2.38 bits per heavy atom. The zero-order chi connectivity index (χ0) is 11.6. The lowest BCUT2D eigenvalue weighted by molar-refractivity contribution is -0.0970. The smallest absolute Gasteiger partial charge is 0.134 e. The average Bonchev–Trinajstić information content (AvgIpc) is 2.24. The average molecular weight is 217 g/mol. The SMILES string of the molecule is CC(O)C1(Oc2ccc(C#N)cc2)CCC1. The molecule has 1 aromatic rings. The summed E-state index contributed by atoms with van der Waals surface area (Å²) in [4.78, 5) is 0. The van der Waals surface area contributed by atoms with Gasteiger partial charge in [-0.25, -0.2) is 0 Å². The lowest BCUT2D eigenvalue weighted by atomic mass is 9.76. The number of aliphatic hydroxyl groups excluding tert-OH is 1. The second-order valence-corrected chi connectivity index (χ2v) is 4.33. The van der Waals surface area contributed by atoms with Gasteiger partial charge in [0.05, 0.1) is 17.7 Å². The number of hydrogen-bond acceptors (Lipinski definition) is 3. The van der Waals surface area contributed by atoms with Crippen LogP contribution in [0.5, 0.6) is 5.75 Å². The fourth-order valence-electron chi connectivity index (χ4n) is 1.96. The Morgan fingerprint density at radius 2 is 2.00 bits per heavy atom. The summed E-state index contributed by atoms with van der Waals surface area (Å²) in [5.41, 5.74) is 0.209. The highest BCUT2D eigenvalue weighted by Crippen LogP contribution is 2.39. The molecular weight excluding hydrogens is 202 g/mol. The van der Waals surface area contributed by atoms with Crippen molar-refractivity contribution in [3.05, 3.63) is 29.8 Å². The van der Waals surface area contributed by atoms with Crippen molar-refractivity contribution in [3.63, 3.8) is 0 Å². The Hall–Kier alpha value is -1.53. The van der Waals surface area contributed by atoms with Crippen LogP contribution in [-0.4, -0.2) is 16.8 Å². The molecule has 1 N–H and O–H groups in total. The molecule has 16 heavy (non-hydrogen) atoms. The van der Waals surface area contributed by atoms with Gasteiger partial charge in [-0.1, -0.05) is 0 Å². The van der Waals surface area contributed by atoms with Crippen LogP contribution in [0.25, 0.3) is 0 Å². The van der Waals surface area contributed by atoms with Crippen LogP contribution in [0.4, 0.5) is 0 Å². The molecule has 3 nitrogen and oxygen atoms in total. The van der Waals surface area contributed by atoms with Crippen LogP contribution in [-0.2, 0) is 0 Å². The molecule has 1 saturated carbocycles. The maximum Gasteiger partial charge on any atom is 0.134 e. The second-order valence-electron chi connectivity index (χ2n) is 4.33. The first kappa shape index (κ1) is 11.0. The normalized spacial score (nSPS) is 19.3. The zero-order valence-electron chi connectivity index (χ0n) is 9.31. The van der Waals surface area contributed by atoms with Crippen LogP contribution >= 0.6 is 0 Å². The maximum atomic E-state index is 9.71. The molecule has 0 radical (unpaired) electrons. The Labute approximate surface area is 95.3 Å². The molecular formula is C13H15NO2. The highest BCUT2D eigenvalue weighted by atomic mass is 16.5. The molecule has 0 amide bonds. The summed E-state index contributed by atoms with van der Waals surface area (Å²) in [7, 11) is 0. The van der Waals surface area contributed by atoms with E-state index in [0.29, 0.717) is 5.56 Å². The Bertz CT molecular complexity index is 399. The van der Waals surface area contributed by atoms with Gasteiger partial charge in [-0.15, -0.1) is 0 Å². The summed E-state index contributed by atoms with van der Waals surface area (Å²) in [6.45, 7) is 1.77. The highest BCUT2D eigenvalue weighted by molar-refractivity contribution is 5.35. The first-order chi connectivity index (χ1) is 7.66. The largest absolute Gasteiger partial charge is 0.485 e. The minimum absolute atomic E-state index is 0.409. The summed E-state index contributed by atoms with van der Waals surface area (Å²) in [5.74, 6) is 0.722. The minimum atomic E-state index is -0.461. The third-order valence-corrected chi connectivity index (χ3v) is 3.27. The third kappa shape index (κ3) is 1.89. The van der Waals surface area contributed by atoms with E-state index in [9.17, 15) is 5.11 Å².